The van der Waals surface area contributed by atoms with Crippen molar-refractivity contribution in [3.05, 3.63) is 54.6 Å². The number of nitrogens with zero attached hydrogens (tertiary/aromatic N) is 2. The van der Waals surface area contributed by atoms with Gasteiger partial charge in [-0.25, -0.2) is 0 Å². The van der Waals surface area contributed by atoms with E-state index < -0.39 is 41.1 Å². The Morgan fingerprint density at radius 2 is 2.00 bits per heavy atom. The summed E-state index contributed by atoms with van der Waals surface area (Å²) in [7, 11) is 0. The fourth-order valence-corrected chi connectivity index (χ4v) is 6.40. The quantitative estimate of drug-likeness (QED) is 0.267. The zero-order valence-electron chi connectivity index (χ0n) is 21.4. The summed E-state index contributed by atoms with van der Waals surface area (Å²) in [5.41, 5.74) is -1.54. The standard InChI is InChI=1S/C28H35ClN2O6/c1-5-7-8-16-36-26(35)22-21-24(33)31(18(3)17-32)23(28(21)14-13-27(22,4)37-28)25(34)30(15-6-2)20-11-9-19(29)10-12-20/h5-6,9-12,18,21-23,32H,1-2,7-8,13-17H2,3-4H3/t18-,21+,22+,23?,27-,28?/m1/s1. The van der Waals surface area contributed by atoms with Gasteiger partial charge in [0.05, 0.1) is 30.8 Å². The van der Waals surface area contributed by atoms with Crippen LogP contribution in [0.5, 0.6) is 0 Å². The maximum absolute atomic E-state index is 14.3. The van der Waals surface area contributed by atoms with Crippen LogP contribution in [0.4, 0.5) is 5.69 Å². The molecule has 0 aliphatic carbocycles. The highest BCUT2D eigenvalue weighted by Gasteiger charge is 2.79. The summed E-state index contributed by atoms with van der Waals surface area (Å²) in [6.07, 6.45) is 5.65. The maximum atomic E-state index is 14.3. The van der Waals surface area contributed by atoms with Crippen LogP contribution in [-0.2, 0) is 23.9 Å². The number of carbonyl (C=O) groups excluding carboxylic acids is 3. The van der Waals surface area contributed by atoms with Crippen LogP contribution >= 0.6 is 11.6 Å². The normalized spacial score (nSPS) is 30.6. The predicted molar refractivity (Wildman–Crippen MR) is 140 cm³/mol. The lowest BCUT2D eigenvalue weighted by molar-refractivity contribution is -0.160. The molecule has 1 aromatic rings. The van der Waals surface area contributed by atoms with Crippen molar-refractivity contribution < 1.29 is 29.0 Å². The Hall–Kier alpha value is -2.68. The van der Waals surface area contributed by atoms with Crippen LogP contribution in [0.25, 0.3) is 0 Å². The molecule has 3 aliphatic rings. The van der Waals surface area contributed by atoms with Gasteiger partial charge in [0.1, 0.15) is 17.6 Å². The van der Waals surface area contributed by atoms with Crippen molar-refractivity contribution in [1.29, 1.82) is 0 Å². The maximum Gasteiger partial charge on any atom is 0.312 e. The number of unbranched alkanes of at least 4 members (excludes halogenated alkanes) is 1. The number of rotatable bonds is 11. The Labute approximate surface area is 222 Å². The van der Waals surface area contributed by atoms with Crippen molar-refractivity contribution >= 4 is 35.1 Å². The summed E-state index contributed by atoms with van der Waals surface area (Å²) in [5, 5.41) is 10.6. The fourth-order valence-electron chi connectivity index (χ4n) is 6.27. The zero-order valence-corrected chi connectivity index (χ0v) is 22.2. The number of carbonyl (C=O) groups is 3. The largest absolute Gasteiger partial charge is 0.465 e. The Balaban J connectivity index is 1.74. The molecule has 37 heavy (non-hydrogen) atoms. The van der Waals surface area contributed by atoms with Gasteiger partial charge in [0.2, 0.25) is 5.91 Å². The van der Waals surface area contributed by atoms with Gasteiger partial charge in [0.15, 0.2) is 0 Å². The van der Waals surface area contributed by atoms with Gasteiger partial charge < -0.3 is 24.4 Å². The van der Waals surface area contributed by atoms with E-state index in [1.54, 1.807) is 43.3 Å². The molecule has 0 radical (unpaired) electrons. The number of allylic oxidation sites excluding steroid dienone is 1. The van der Waals surface area contributed by atoms with Crippen molar-refractivity contribution in [1.82, 2.24) is 4.90 Å². The molecule has 3 fully saturated rings. The first-order valence-electron chi connectivity index (χ1n) is 12.7. The van der Waals surface area contributed by atoms with Crippen molar-refractivity contribution in [3.8, 4) is 0 Å². The number of fused-ring (bicyclic) bond motifs is 1. The Bertz CT molecular complexity index is 1080. The molecule has 3 saturated heterocycles. The van der Waals surface area contributed by atoms with Gasteiger partial charge in [-0.05, 0) is 63.8 Å². The summed E-state index contributed by atoms with van der Waals surface area (Å²) in [4.78, 5) is 44.6. The lowest BCUT2D eigenvalue weighted by Crippen LogP contribution is -2.58. The van der Waals surface area contributed by atoms with Gasteiger partial charge in [0, 0.05) is 17.3 Å². The SMILES string of the molecule is C=CCCCOC(=O)[C@@H]1[C@H]2C(=O)N([C@H](C)CO)C(C(=O)N(CC=C)c3ccc(Cl)cc3)C23CC[C@@]1(C)O3. The first kappa shape index (κ1) is 27.4. The molecule has 3 aliphatic heterocycles. The van der Waals surface area contributed by atoms with E-state index in [1.165, 1.54) is 9.80 Å². The van der Waals surface area contributed by atoms with Crippen molar-refractivity contribution in [2.45, 2.75) is 62.8 Å². The lowest BCUT2D eigenvalue weighted by Gasteiger charge is -2.38. The summed E-state index contributed by atoms with van der Waals surface area (Å²) in [5.74, 6) is -2.94. The van der Waals surface area contributed by atoms with Crippen molar-refractivity contribution in [3.63, 3.8) is 0 Å². The summed E-state index contributed by atoms with van der Waals surface area (Å²) >= 11 is 6.07. The molecule has 9 heteroatoms. The van der Waals surface area contributed by atoms with Crippen molar-refractivity contribution in [2.24, 2.45) is 11.8 Å². The van der Waals surface area contributed by atoms with E-state index in [0.717, 1.165) is 0 Å². The number of aliphatic hydroxyl groups is 1. The monoisotopic (exact) mass is 530 g/mol. The Kier molecular flexibility index (Phi) is 7.83. The minimum Gasteiger partial charge on any atom is -0.465 e. The van der Waals surface area contributed by atoms with Crippen LogP contribution in [0.3, 0.4) is 0 Å². The molecular weight excluding hydrogens is 496 g/mol. The number of hydrogen-bond donors (Lipinski definition) is 1. The van der Waals surface area contributed by atoms with Gasteiger partial charge in [-0.2, -0.15) is 0 Å². The number of likely N-dealkylation sites (tertiary alicyclic amines) is 1. The molecule has 2 bridgehead atoms. The molecule has 2 amide bonds. The highest BCUT2D eigenvalue weighted by Crippen LogP contribution is 2.63. The molecule has 2 unspecified atom stereocenters. The minimum atomic E-state index is -1.21. The Morgan fingerprint density at radius 3 is 2.62 bits per heavy atom. The number of aliphatic hydroxyl groups excluding tert-OH is 1. The van der Waals surface area contributed by atoms with E-state index in [1.807, 2.05) is 6.92 Å². The number of halogens is 1. The topological polar surface area (TPSA) is 96.4 Å². The fraction of sp³-hybridized carbons (Fsp3) is 0.536. The van der Waals surface area contributed by atoms with Gasteiger partial charge in [-0.15, -0.1) is 13.2 Å². The third-order valence-electron chi connectivity index (χ3n) is 7.95. The van der Waals surface area contributed by atoms with Crippen LogP contribution < -0.4 is 4.90 Å². The molecule has 0 aromatic heterocycles. The molecule has 4 rings (SSSR count). The van der Waals surface area contributed by atoms with E-state index in [4.69, 9.17) is 21.1 Å². The molecule has 8 nitrogen and oxygen atoms in total. The molecule has 1 aromatic carbocycles. The third kappa shape index (κ3) is 4.49. The van der Waals surface area contributed by atoms with Gasteiger partial charge in [-0.1, -0.05) is 23.8 Å². The van der Waals surface area contributed by atoms with E-state index in [9.17, 15) is 19.5 Å². The summed E-state index contributed by atoms with van der Waals surface area (Å²) in [6.45, 7) is 11.1. The number of hydrogen-bond acceptors (Lipinski definition) is 6. The van der Waals surface area contributed by atoms with Crippen LogP contribution in [0.1, 0.15) is 39.5 Å². The van der Waals surface area contributed by atoms with E-state index in [-0.39, 0.29) is 31.6 Å². The van der Waals surface area contributed by atoms with Crippen LogP contribution in [0, 0.1) is 11.8 Å². The second kappa shape index (κ2) is 10.6. The molecule has 200 valence electrons. The van der Waals surface area contributed by atoms with Gasteiger partial charge in [0.25, 0.3) is 5.91 Å². The molecule has 3 heterocycles. The summed E-state index contributed by atoms with van der Waals surface area (Å²) in [6, 6.07) is 5.15. The number of esters is 1. The highest BCUT2D eigenvalue weighted by molar-refractivity contribution is 6.30. The second-order valence-corrected chi connectivity index (χ2v) is 10.8. The smallest absolute Gasteiger partial charge is 0.312 e. The van der Waals surface area contributed by atoms with Crippen LogP contribution in [0.2, 0.25) is 5.02 Å². The van der Waals surface area contributed by atoms with Gasteiger partial charge >= 0.3 is 5.97 Å². The van der Waals surface area contributed by atoms with Crippen molar-refractivity contribution in [2.75, 3.05) is 24.7 Å². The first-order valence-corrected chi connectivity index (χ1v) is 13.1. The molecule has 0 saturated carbocycles. The van der Waals surface area contributed by atoms with Crippen LogP contribution in [0.15, 0.2) is 49.6 Å². The number of amides is 2. The number of ether oxygens (including phenoxy) is 2. The first-order chi connectivity index (χ1) is 17.6. The summed E-state index contributed by atoms with van der Waals surface area (Å²) < 4.78 is 12.2. The molecular formula is C28H35ClN2O6. The number of anilines is 1. The number of benzene rings is 1. The zero-order chi connectivity index (χ0) is 27.0. The van der Waals surface area contributed by atoms with Crippen LogP contribution in [-0.4, -0.2) is 70.8 Å². The highest BCUT2D eigenvalue weighted by atomic mass is 35.5. The predicted octanol–water partition coefficient (Wildman–Crippen LogP) is 3.51. The molecule has 1 spiro atoms. The molecule has 1 N–H and O–H groups in total. The minimum absolute atomic E-state index is 0.194. The van der Waals surface area contributed by atoms with E-state index in [2.05, 4.69) is 13.2 Å². The lowest BCUT2D eigenvalue weighted by atomic mass is 9.66. The van der Waals surface area contributed by atoms with E-state index >= 15 is 0 Å². The van der Waals surface area contributed by atoms with E-state index in [0.29, 0.717) is 36.4 Å². The third-order valence-corrected chi connectivity index (χ3v) is 8.21. The molecule has 6 atom stereocenters. The second-order valence-electron chi connectivity index (χ2n) is 10.3. The average molecular weight is 531 g/mol. The average Bonchev–Trinajstić information content (AvgIpc) is 3.45. The van der Waals surface area contributed by atoms with Gasteiger partial charge in [-0.3, -0.25) is 14.4 Å². The Morgan fingerprint density at radius 1 is 1.30 bits per heavy atom.